The Morgan fingerprint density at radius 1 is 1.10 bits per heavy atom. The van der Waals surface area contributed by atoms with Gasteiger partial charge in [0, 0.05) is 18.6 Å². The predicted octanol–water partition coefficient (Wildman–Crippen LogP) is 3.85. The van der Waals surface area contributed by atoms with Crippen LogP contribution in [0.15, 0.2) is 30.3 Å². The quantitative estimate of drug-likeness (QED) is 0.736. The molecule has 2 rings (SSSR count). The Bertz CT molecular complexity index is 370. The van der Waals surface area contributed by atoms with Crippen molar-refractivity contribution < 1.29 is 0 Å². The third-order valence-corrected chi connectivity index (χ3v) is 4.31. The number of benzene rings is 1. The molecule has 0 saturated heterocycles. The second-order valence-corrected chi connectivity index (χ2v) is 6.49. The van der Waals surface area contributed by atoms with Gasteiger partial charge in [-0.1, -0.05) is 44.2 Å². The van der Waals surface area contributed by atoms with Crippen LogP contribution in [0.25, 0.3) is 0 Å². The standard InChI is InChI=1S/C18H30N2/c1-15(2)11-13-20(17-9-10-17)14-12-18(19-3)16-7-5-4-6-8-16/h4-8,15,17-19H,9-14H2,1-3H3. The Morgan fingerprint density at radius 2 is 1.75 bits per heavy atom. The molecule has 1 atom stereocenters. The van der Waals surface area contributed by atoms with Crippen LogP contribution in [0.3, 0.4) is 0 Å². The summed E-state index contributed by atoms with van der Waals surface area (Å²) in [5.74, 6) is 0.811. The molecule has 0 bridgehead atoms. The van der Waals surface area contributed by atoms with Crippen LogP contribution in [0.1, 0.15) is 51.1 Å². The highest BCUT2D eigenvalue weighted by Gasteiger charge is 2.28. The molecule has 0 radical (unpaired) electrons. The molecular formula is C18H30N2. The van der Waals surface area contributed by atoms with Crippen molar-refractivity contribution in [1.82, 2.24) is 10.2 Å². The molecule has 1 aliphatic rings. The molecule has 20 heavy (non-hydrogen) atoms. The van der Waals surface area contributed by atoms with Gasteiger partial charge in [0.2, 0.25) is 0 Å². The number of rotatable bonds is 9. The minimum atomic E-state index is 0.483. The maximum absolute atomic E-state index is 3.47. The minimum absolute atomic E-state index is 0.483. The van der Waals surface area contributed by atoms with Crippen LogP contribution in [-0.2, 0) is 0 Å². The van der Waals surface area contributed by atoms with Crippen molar-refractivity contribution in [2.75, 3.05) is 20.1 Å². The van der Waals surface area contributed by atoms with E-state index < -0.39 is 0 Å². The second kappa shape index (κ2) is 7.80. The van der Waals surface area contributed by atoms with Crippen molar-refractivity contribution in [1.29, 1.82) is 0 Å². The molecule has 0 aliphatic heterocycles. The van der Waals surface area contributed by atoms with Crippen LogP contribution in [0.5, 0.6) is 0 Å². The van der Waals surface area contributed by atoms with Crippen LogP contribution in [0.2, 0.25) is 0 Å². The van der Waals surface area contributed by atoms with Crippen molar-refractivity contribution in [3.63, 3.8) is 0 Å². The molecule has 1 aliphatic carbocycles. The Kier molecular flexibility index (Phi) is 6.06. The van der Waals surface area contributed by atoms with Crippen molar-refractivity contribution in [2.45, 2.75) is 51.6 Å². The SMILES string of the molecule is CNC(CCN(CCC(C)C)C1CC1)c1ccccc1. The lowest BCUT2D eigenvalue weighted by atomic mass is 10.0. The van der Waals surface area contributed by atoms with Crippen molar-refractivity contribution in [3.8, 4) is 0 Å². The van der Waals surface area contributed by atoms with Gasteiger partial charge in [0.25, 0.3) is 0 Å². The molecule has 2 nitrogen and oxygen atoms in total. The summed E-state index contributed by atoms with van der Waals surface area (Å²) in [4.78, 5) is 2.72. The molecule has 1 saturated carbocycles. The average molecular weight is 274 g/mol. The Labute approximate surface area is 124 Å². The fourth-order valence-corrected chi connectivity index (χ4v) is 2.80. The zero-order valence-electron chi connectivity index (χ0n) is 13.3. The van der Waals surface area contributed by atoms with Crippen LogP contribution in [-0.4, -0.2) is 31.1 Å². The van der Waals surface area contributed by atoms with E-state index >= 15 is 0 Å². The van der Waals surface area contributed by atoms with Gasteiger partial charge < -0.3 is 10.2 Å². The molecule has 1 aromatic carbocycles. The van der Waals surface area contributed by atoms with E-state index in [0.717, 1.165) is 12.0 Å². The molecule has 0 aromatic heterocycles. The van der Waals surface area contributed by atoms with Gasteiger partial charge in [-0.25, -0.2) is 0 Å². The summed E-state index contributed by atoms with van der Waals surface area (Å²) in [5, 5.41) is 3.47. The first-order valence-corrected chi connectivity index (χ1v) is 8.17. The number of hydrogen-bond donors (Lipinski definition) is 1. The molecular weight excluding hydrogens is 244 g/mol. The number of hydrogen-bond acceptors (Lipinski definition) is 2. The van der Waals surface area contributed by atoms with Gasteiger partial charge in [-0.05, 0) is 50.8 Å². The Morgan fingerprint density at radius 3 is 2.30 bits per heavy atom. The lowest BCUT2D eigenvalue weighted by Crippen LogP contribution is -2.31. The van der Waals surface area contributed by atoms with Crippen LogP contribution >= 0.6 is 0 Å². The third kappa shape index (κ3) is 4.92. The maximum atomic E-state index is 3.47. The molecule has 112 valence electrons. The summed E-state index contributed by atoms with van der Waals surface area (Å²) < 4.78 is 0. The van der Waals surface area contributed by atoms with Crippen molar-refractivity contribution in [3.05, 3.63) is 35.9 Å². The smallest absolute Gasteiger partial charge is 0.0329 e. The highest BCUT2D eigenvalue weighted by atomic mass is 15.2. The van der Waals surface area contributed by atoms with Gasteiger partial charge in [0.1, 0.15) is 0 Å². The van der Waals surface area contributed by atoms with Gasteiger partial charge in [-0.15, -0.1) is 0 Å². The highest BCUT2D eigenvalue weighted by Crippen LogP contribution is 2.28. The zero-order chi connectivity index (χ0) is 14.4. The topological polar surface area (TPSA) is 15.3 Å². The lowest BCUT2D eigenvalue weighted by molar-refractivity contribution is 0.235. The fourth-order valence-electron chi connectivity index (χ4n) is 2.80. The summed E-state index contributed by atoms with van der Waals surface area (Å²) in [6.45, 7) is 7.14. The molecule has 1 unspecified atom stereocenters. The third-order valence-electron chi connectivity index (χ3n) is 4.31. The van der Waals surface area contributed by atoms with Gasteiger partial charge in [0.05, 0.1) is 0 Å². The van der Waals surface area contributed by atoms with E-state index in [2.05, 4.69) is 61.4 Å². The first kappa shape index (κ1) is 15.5. The first-order chi connectivity index (χ1) is 9.70. The van der Waals surface area contributed by atoms with E-state index in [9.17, 15) is 0 Å². The molecule has 1 fully saturated rings. The van der Waals surface area contributed by atoms with Gasteiger partial charge in [-0.2, -0.15) is 0 Å². The van der Waals surface area contributed by atoms with Crippen molar-refractivity contribution in [2.24, 2.45) is 5.92 Å². The summed E-state index contributed by atoms with van der Waals surface area (Å²) >= 11 is 0. The Hall–Kier alpha value is -0.860. The van der Waals surface area contributed by atoms with E-state index in [-0.39, 0.29) is 0 Å². The molecule has 0 amide bonds. The van der Waals surface area contributed by atoms with E-state index in [1.807, 2.05) is 0 Å². The summed E-state index contributed by atoms with van der Waals surface area (Å²) in [6.07, 6.45) is 5.35. The van der Waals surface area contributed by atoms with Gasteiger partial charge in [0.15, 0.2) is 0 Å². The van der Waals surface area contributed by atoms with Gasteiger partial charge in [-0.3, -0.25) is 0 Å². The molecule has 2 heteroatoms. The summed E-state index contributed by atoms with van der Waals surface area (Å²) in [5.41, 5.74) is 1.41. The molecule has 1 N–H and O–H groups in total. The zero-order valence-corrected chi connectivity index (χ0v) is 13.3. The largest absolute Gasteiger partial charge is 0.313 e. The van der Waals surface area contributed by atoms with E-state index in [1.54, 1.807) is 0 Å². The maximum Gasteiger partial charge on any atom is 0.0329 e. The summed E-state index contributed by atoms with van der Waals surface area (Å²) in [7, 11) is 2.08. The fraction of sp³-hybridized carbons (Fsp3) is 0.667. The predicted molar refractivity (Wildman–Crippen MR) is 86.9 cm³/mol. The van der Waals surface area contributed by atoms with Crippen LogP contribution in [0.4, 0.5) is 0 Å². The summed E-state index contributed by atoms with van der Waals surface area (Å²) in [6, 6.07) is 12.2. The average Bonchev–Trinajstić information content (AvgIpc) is 3.28. The van der Waals surface area contributed by atoms with E-state index in [0.29, 0.717) is 6.04 Å². The number of nitrogens with one attached hydrogen (secondary N) is 1. The van der Waals surface area contributed by atoms with E-state index in [4.69, 9.17) is 0 Å². The molecule has 0 heterocycles. The van der Waals surface area contributed by atoms with Gasteiger partial charge >= 0.3 is 0 Å². The number of nitrogens with zero attached hydrogens (tertiary/aromatic N) is 1. The second-order valence-electron chi connectivity index (χ2n) is 6.49. The molecule has 1 aromatic rings. The Balaban J connectivity index is 1.84. The van der Waals surface area contributed by atoms with Crippen LogP contribution < -0.4 is 5.32 Å². The van der Waals surface area contributed by atoms with Crippen LogP contribution in [0, 0.1) is 5.92 Å². The lowest BCUT2D eigenvalue weighted by Gasteiger charge is -2.26. The monoisotopic (exact) mass is 274 g/mol. The minimum Gasteiger partial charge on any atom is -0.313 e. The normalized spacial score (nSPS) is 16.9. The molecule has 0 spiro atoms. The van der Waals surface area contributed by atoms with Crippen molar-refractivity contribution >= 4 is 0 Å². The first-order valence-electron chi connectivity index (χ1n) is 8.17. The van der Waals surface area contributed by atoms with E-state index in [1.165, 1.54) is 44.3 Å². The highest BCUT2D eigenvalue weighted by molar-refractivity contribution is 5.18.